The SMILES string of the molecule is CC/C=C\C/C=C\C/C=C\C/C=C\C/C=C\C/C=C\CCC(=O)OC(COC(=O)CCCCCCC/C=C\C/C=C\C/C=C\C/C=C\C/C=C\CC)COC(=O)CCCCCCC/C=C\CCCC. The normalized spacial score (nSPS) is 13.3. The lowest BCUT2D eigenvalue weighted by molar-refractivity contribution is -0.166. The highest BCUT2D eigenvalue weighted by molar-refractivity contribution is 5.71. The lowest BCUT2D eigenvalue weighted by Crippen LogP contribution is -2.30. The van der Waals surface area contributed by atoms with Crippen LogP contribution in [0.3, 0.4) is 0 Å². The van der Waals surface area contributed by atoms with E-state index in [1.165, 1.54) is 25.7 Å². The monoisotopic (exact) mass is 951 g/mol. The van der Waals surface area contributed by atoms with Gasteiger partial charge in [-0.3, -0.25) is 14.4 Å². The number of carbonyl (C=O) groups is 3. The van der Waals surface area contributed by atoms with Gasteiger partial charge in [0.25, 0.3) is 0 Å². The molecule has 69 heavy (non-hydrogen) atoms. The fourth-order valence-electron chi connectivity index (χ4n) is 6.77. The second-order valence-electron chi connectivity index (χ2n) is 17.4. The molecule has 0 spiro atoms. The van der Waals surface area contributed by atoms with Crippen LogP contribution >= 0.6 is 0 Å². The first-order valence-electron chi connectivity index (χ1n) is 27.3. The van der Waals surface area contributed by atoms with Gasteiger partial charge < -0.3 is 14.2 Å². The molecule has 0 heterocycles. The minimum absolute atomic E-state index is 0.125. The Morgan fingerprint density at radius 2 is 0.594 bits per heavy atom. The molecule has 0 rings (SSSR count). The maximum atomic E-state index is 12.8. The van der Waals surface area contributed by atoms with Crippen molar-refractivity contribution in [2.24, 2.45) is 0 Å². The molecule has 1 atom stereocenters. The van der Waals surface area contributed by atoms with Gasteiger partial charge in [-0.2, -0.15) is 0 Å². The second kappa shape index (κ2) is 55.9. The smallest absolute Gasteiger partial charge is 0.306 e. The summed E-state index contributed by atoms with van der Waals surface area (Å²) in [6.07, 6.45) is 79.9. The summed E-state index contributed by atoms with van der Waals surface area (Å²) in [5.41, 5.74) is 0. The minimum atomic E-state index is -0.836. The largest absolute Gasteiger partial charge is 0.462 e. The van der Waals surface area contributed by atoms with Gasteiger partial charge in [0.1, 0.15) is 13.2 Å². The van der Waals surface area contributed by atoms with E-state index in [4.69, 9.17) is 14.2 Å². The maximum Gasteiger partial charge on any atom is 0.306 e. The van der Waals surface area contributed by atoms with Crippen LogP contribution in [0.2, 0.25) is 0 Å². The van der Waals surface area contributed by atoms with Crippen LogP contribution in [0.25, 0.3) is 0 Å². The summed E-state index contributed by atoms with van der Waals surface area (Å²) in [5.74, 6) is -1.05. The lowest BCUT2D eigenvalue weighted by atomic mass is 10.1. The minimum Gasteiger partial charge on any atom is -0.462 e. The van der Waals surface area contributed by atoms with Crippen LogP contribution in [0.15, 0.2) is 146 Å². The van der Waals surface area contributed by atoms with Crippen molar-refractivity contribution in [3.05, 3.63) is 146 Å². The van der Waals surface area contributed by atoms with Crippen molar-refractivity contribution in [1.29, 1.82) is 0 Å². The van der Waals surface area contributed by atoms with Crippen molar-refractivity contribution in [3.63, 3.8) is 0 Å². The van der Waals surface area contributed by atoms with Gasteiger partial charge in [-0.1, -0.05) is 218 Å². The summed E-state index contributed by atoms with van der Waals surface area (Å²) in [6, 6.07) is 0. The molecule has 386 valence electrons. The van der Waals surface area contributed by atoms with E-state index in [2.05, 4.69) is 154 Å². The summed E-state index contributed by atoms with van der Waals surface area (Å²) in [5, 5.41) is 0. The molecule has 0 fully saturated rings. The summed E-state index contributed by atoms with van der Waals surface area (Å²) in [4.78, 5) is 38.0. The Hall–Kier alpha value is -4.71. The fourth-order valence-corrected chi connectivity index (χ4v) is 6.77. The first-order valence-corrected chi connectivity index (χ1v) is 27.3. The highest BCUT2D eigenvalue weighted by Gasteiger charge is 2.19. The van der Waals surface area contributed by atoms with Crippen LogP contribution in [0, 0.1) is 0 Å². The number of unbranched alkanes of at least 4 members (excludes halogenated alkanes) is 12. The summed E-state index contributed by atoms with van der Waals surface area (Å²) in [7, 11) is 0. The molecule has 6 heteroatoms. The Labute approximate surface area is 423 Å². The van der Waals surface area contributed by atoms with Gasteiger partial charge >= 0.3 is 17.9 Å². The Balaban J connectivity index is 4.54. The fraction of sp³-hybridized carbons (Fsp3) is 0.571. The molecule has 0 aromatic heterocycles. The maximum absolute atomic E-state index is 12.8. The summed E-state index contributed by atoms with van der Waals surface area (Å²) >= 11 is 0. The highest BCUT2D eigenvalue weighted by Crippen LogP contribution is 2.12. The standard InChI is InChI=1S/C63H98O6/c1-4-7-10-13-16-19-22-24-26-28-30-31-33-34-36-38-41-44-47-50-53-56-62(65)68-59-60(58-67-61(64)55-52-49-46-43-40-21-18-15-12-9-6-3)69-63(66)57-54-51-48-45-42-39-37-35-32-29-27-25-23-20-17-14-11-8-5-2/h7-8,10-11,15-20,24-27,30-32,34-36,39,42,48,51,60H,4-6,9,12-14,21-23,28-29,33,37-38,40-41,43-47,49-50,52-59H2,1-3H3/b10-7-,11-8-,18-15-,19-16-,20-17-,26-24-,27-25-,31-30-,35-32-,36-34-,42-39-,51-48-. The van der Waals surface area contributed by atoms with Crippen LogP contribution < -0.4 is 0 Å². The zero-order valence-corrected chi connectivity index (χ0v) is 44.0. The van der Waals surface area contributed by atoms with E-state index in [1.54, 1.807) is 0 Å². The molecule has 0 aliphatic carbocycles. The molecule has 0 aromatic carbocycles. The number of ether oxygens (including phenoxy) is 3. The van der Waals surface area contributed by atoms with Crippen LogP contribution in [-0.2, 0) is 28.6 Å². The molecular weight excluding hydrogens is 853 g/mol. The van der Waals surface area contributed by atoms with Gasteiger partial charge in [0, 0.05) is 19.3 Å². The zero-order chi connectivity index (χ0) is 50.0. The molecule has 0 radical (unpaired) electrons. The van der Waals surface area contributed by atoms with Crippen LogP contribution in [0.4, 0.5) is 0 Å². The van der Waals surface area contributed by atoms with Gasteiger partial charge in [-0.05, 0) is 122 Å². The number of hydrogen-bond donors (Lipinski definition) is 0. The Morgan fingerprint density at radius 1 is 0.304 bits per heavy atom. The zero-order valence-electron chi connectivity index (χ0n) is 44.0. The van der Waals surface area contributed by atoms with E-state index in [0.29, 0.717) is 19.3 Å². The molecule has 0 aliphatic heterocycles. The quantitative estimate of drug-likeness (QED) is 0.0262. The molecule has 0 aromatic rings. The highest BCUT2D eigenvalue weighted by atomic mass is 16.6. The van der Waals surface area contributed by atoms with Gasteiger partial charge in [0.15, 0.2) is 6.10 Å². The third-order valence-corrected chi connectivity index (χ3v) is 10.8. The van der Waals surface area contributed by atoms with Crippen LogP contribution in [-0.4, -0.2) is 37.2 Å². The van der Waals surface area contributed by atoms with Crippen molar-refractivity contribution in [2.75, 3.05) is 13.2 Å². The number of esters is 3. The van der Waals surface area contributed by atoms with Gasteiger partial charge in [-0.15, -0.1) is 0 Å². The predicted molar refractivity (Wildman–Crippen MR) is 297 cm³/mol. The van der Waals surface area contributed by atoms with E-state index in [1.807, 2.05) is 12.2 Å². The van der Waals surface area contributed by atoms with Crippen molar-refractivity contribution in [1.82, 2.24) is 0 Å². The van der Waals surface area contributed by atoms with Crippen molar-refractivity contribution < 1.29 is 28.6 Å². The molecular formula is C63H98O6. The van der Waals surface area contributed by atoms with Gasteiger partial charge in [-0.25, -0.2) is 0 Å². The predicted octanol–water partition coefficient (Wildman–Crippen LogP) is 18.4. The van der Waals surface area contributed by atoms with Crippen molar-refractivity contribution in [3.8, 4) is 0 Å². The lowest BCUT2D eigenvalue weighted by Gasteiger charge is -2.18. The Kier molecular flexibility index (Phi) is 52.1. The van der Waals surface area contributed by atoms with Crippen LogP contribution in [0.5, 0.6) is 0 Å². The first kappa shape index (κ1) is 64.3. The van der Waals surface area contributed by atoms with E-state index >= 15 is 0 Å². The first-order chi connectivity index (χ1) is 34.0. The summed E-state index contributed by atoms with van der Waals surface area (Å²) in [6.45, 7) is 6.26. The molecule has 1 unspecified atom stereocenters. The van der Waals surface area contributed by atoms with Gasteiger partial charge in [0.2, 0.25) is 0 Å². The second-order valence-corrected chi connectivity index (χ2v) is 17.4. The van der Waals surface area contributed by atoms with Crippen molar-refractivity contribution in [2.45, 2.75) is 219 Å². The molecule has 0 N–H and O–H groups in total. The number of allylic oxidation sites excluding steroid dienone is 24. The van der Waals surface area contributed by atoms with E-state index in [0.717, 1.165) is 141 Å². The van der Waals surface area contributed by atoms with E-state index in [9.17, 15) is 14.4 Å². The van der Waals surface area contributed by atoms with Crippen LogP contribution in [0.1, 0.15) is 213 Å². The number of rotatable bonds is 47. The Bertz CT molecular complexity index is 1560. The van der Waals surface area contributed by atoms with Gasteiger partial charge in [0.05, 0.1) is 0 Å². The molecule has 0 amide bonds. The van der Waals surface area contributed by atoms with E-state index < -0.39 is 12.1 Å². The van der Waals surface area contributed by atoms with Crippen molar-refractivity contribution >= 4 is 17.9 Å². The average Bonchev–Trinajstić information content (AvgIpc) is 3.35. The van der Waals surface area contributed by atoms with E-state index in [-0.39, 0.29) is 31.6 Å². The Morgan fingerprint density at radius 3 is 0.957 bits per heavy atom. The third-order valence-electron chi connectivity index (χ3n) is 10.8. The average molecular weight is 951 g/mol. The summed E-state index contributed by atoms with van der Waals surface area (Å²) < 4.78 is 16.7. The molecule has 0 saturated heterocycles. The molecule has 0 saturated carbocycles. The molecule has 0 bridgehead atoms. The topological polar surface area (TPSA) is 78.9 Å². The molecule has 0 aliphatic rings. The number of hydrogen-bond acceptors (Lipinski definition) is 6. The third kappa shape index (κ3) is 54.1. The number of carbonyl (C=O) groups excluding carboxylic acids is 3. The molecule has 6 nitrogen and oxygen atoms in total.